The summed E-state index contributed by atoms with van der Waals surface area (Å²) >= 11 is 0. The molecule has 2 aliphatic carbocycles. The Labute approximate surface area is 127 Å². The SMILES string of the molecule is CC1CC(C)CC(NC2CC(=O)N(C3CCCC3)C2=O)C1. The van der Waals surface area contributed by atoms with E-state index in [1.807, 2.05) is 0 Å². The third kappa shape index (κ3) is 3.15. The number of hydrogen-bond acceptors (Lipinski definition) is 3. The fraction of sp³-hybridized carbons (Fsp3) is 0.882. The van der Waals surface area contributed by atoms with E-state index in [1.165, 1.54) is 6.42 Å². The molecule has 0 radical (unpaired) electrons. The lowest BCUT2D eigenvalue weighted by atomic mass is 9.80. The molecule has 2 saturated carbocycles. The maximum atomic E-state index is 12.6. The lowest BCUT2D eigenvalue weighted by Crippen LogP contribution is -2.47. The first-order valence-electron chi connectivity index (χ1n) is 8.66. The standard InChI is InChI=1S/C17H28N2O2/c1-11-7-12(2)9-13(8-11)18-15-10-16(20)19(17(15)21)14-5-3-4-6-14/h11-15,18H,3-10H2,1-2H3. The van der Waals surface area contributed by atoms with Gasteiger partial charge in [-0.2, -0.15) is 0 Å². The minimum absolute atomic E-state index is 0.0396. The van der Waals surface area contributed by atoms with Gasteiger partial charge in [-0.1, -0.05) is 26.7 Å². The quantitative estimate of drug-likeness (QED) is 0.813. The van der Waals surface area contributed by atoms with Crippen LogP contribution in [0.15, 0.2) is 0 Å². The zero-order valence-corrected chi connectivity index (χ0v) is 13.3. The number of carbonyl (C=O) groups excluding carboxylic acids is 2. The van der Waals surface area contributed by atoms with Gasteiger partial charge in [-0.05, 0) is 43.9 Å². The molecule has 21 heavy (non-hydrogen) atoms. The zero-order valence-electron chi connectivity index (χ0n) is 13.3. The van der Waals surface area contributed by atoms with Crippen LogP contribution in [0.25, 0.3) is 0 Å². The van der Waals surface area contributed by atoms with Crippen LogP contribution in [0.3, 0.4) is 0 Å². The third-order valence-corrected chi connectivity index (χ3v) is 5.49. The van der Waals surface area contributed by atoms with Crippen molar-refractivity contribution in [2.75, 3.05) is 0 Å². The minimum atomic E-state index is -0.263. The summed E-state index contributed by atoms with van der Waals surface area (Å²) in [6.07, 6.45) is 8.22. The third-order valence-electron chi connectivity index (χ3n) is 5.49. The Hall–Kier alpha value is -0.900. The van der Waals surface area contributed by atoms with E-state index in [2.05, 4.69) is 19.2 Å². The first-order chi connectivity index (χ1) is 10.0. The summed E-state index contributed by atoms with van der Waals surface area (Å²) in [5.74, 6) is 1.51. The molecule has 0 aromatic rings. The van der Waals surface area contributed by atoms with Crippen LogP contribution in [0.1, 0.15) is 65.2 Å². The molecule has 1 N–H and O–H groups in total. The van der Waals surface area contributed by atoms with E-state index in [-0.39, 0.29) is 23.9 Å². The summed E-state index contributed by atoms with van der Waals surface area (Å²) in [5, 5.41) is 3.50. The van der Waals surface area contributed by atoms with Gasteiger partial charge < -0.3 is 5.32 Å². The van der Waals surface area contributed by atoms with Crippen molar-refractivity contribution < 1.29 is 9.59 Å². The topological polar surface area (TPSA) is 49.4 Å². The van der Waals surface area contributed by atoms with Crippen molar-refractivity contribution in [3.05, 3.63) is 0 Å². The lowest BCUT2D eigenvalue weighted by molar-refractivity contribution is -0.141. The highest BCUT2D eigenvalue weighted by Gasteiger charge is 2.43. The minimum Gasteiger partial charge on any atom is -0.303 e. The van der Waals surface area contributed by atoms with Crippen LogP contribution in [0.4, 0.5) is 0 Å². The van der Waals surface area contributed by atoms with Crippen LogP contribution in [-0.2, 0) is 9.59 Å². The summed E-state index contributed by atoms with van der Waals surface area (Å²) in [6, 6.07) is 0.315. The van der Waals surface area contributed by atoms with E-state index in [4.69, 9.17) is 0 Å². The van der Waals surface area contributed by atoms with Gasteiger partial charge >= 0.3 is 0 Å². The van der Waals surface area contributed by atoms with E-state index in [0.717, 1.165) is 38.5 Å². The van der Waals surface area contributed by atoms with Gasteiger partial charge in [-0.25, -0.2) is 0 Å². The van der Waals surface area contributed by atoms with E-state index >= 15 is 0 Å². The predicted octanol–water partition coefficient (Wildman–Crippen LogP) is 2.47. The Kier molecular flexibility index (Phi) is 4.34. The van der Waals surface area contributed by atoms with Gasteiger partial charge in [0.15, 0.2) is 0 Å². The van der Waals surface area contributed by atoms with Gasteiger partial charge in [0.1, 0.15) is 0 Å². The first-order valence-corrected chi connectivity index (χ1v) is 8.66. The maximum absolute atomic E-state index is 12.6. The second-order valence-electron chi connectivity index (χ2n) is 7.58. The average Bonchev–Trinajstić information content (AvgIpc) is 2.98. The van der Waals surface area contributed by atoms with Gasteiger partial charge in [0, 0.05) is 12.1 Å². The largest absolute Gasteiger partial charge is 0.303 e. The molecule has 118 valence electrons. The van der Waals surface area contributed by atoms with E-state index in [1.54, 1.807) is 4.90 Å². The van der Waals surface area contributed by atoms with Crippen LogP contribution < -0.4 is 5.32 Å². The lowest BCUT2D eigenvalue weighted by Gasteiger charge is -2.33. The van der Waals surface area contributed by atoms with Crippen molar-refractivity contribution in [1.29, 1.82) is 0 Å². The molecule has 1 heterocycles. The highest BCUT2D eigenvalue weighted by molar-refractivity contribution is 6.05. The summed E-state index contributed by atoms with van der Waals surface area (Å²) in [6.45, 7) is 4.58. The van der Waals surface area contributed by atoms with Crippen molar-refractivity contribution in [1.82, 2.24) is 10.2 Å². The Morgan fingerprint density at radius 2 is 1.62 bits per heavy atom. The monoisotopic (exact) mass is 292 g/mol. The van der Waals surface area contributed by atoms with Crippen molar-refractivity contribution in [2.45, 2.75) is 83.3 Å². The zero-order chi connectivity index (χ0) is 15.0. The fourth-order valence-electron chi connectivity index (χ4n) is 4.69. The highest BCUT2D eigenvalue weighted by Crippen LogP contribution is 2.31. The fourth-order valence-corrected chi connectivity index (χ4v) is 4.69. The molecule has 4 nitrogen and oxygen atoms in total. The Bertz CT molecular complexity index is 407. The molecule has 0 aromatic carbocycles. The molecule has 3 aliphatic rings. The van der Waals surface area contributed by atoms with E-state index in [9.17, 15) is 9.59 Å². The molecule has 4 heteroatoms. The molecule has 0 bridgehead atoms. The number of imide groups is 1. The summed E-state index contributed by atoms with van der Waals surface area (Å²) in [4.78, 5) is 26.4. The van der Waals surface area contributed by atoms with Crippen LogP contribution in [0.5, 0.6) is 0 Å². The van der Waals surface area contributed by atoms with Crippen LogP contribution in [-0.4, -0.2) is 34.8 Å². The Morgan fingerprint density at radius 1 is 1.00 bits per heavy atom. The van der Waals surface area contributed by atoms with Gasteiger partial charge in [0.05, 0.1) is 12.5 Å². The molecular formula is C17H28N2O2. The second-order valence-corrected chi connectivity index (χ2v) is 7.58. The second kappa shape index (κ2) is 6.07. The van der Waals surface area contributed by atoms with E-state index in [0.29, 0.717) is 24.3 Å². The predicted molar refractivity (Wildman–Crippen MR) is 81.6 cm³/mol. The average molecular weight is 292 g/mol. The van der Waals surface area contributed by atoms with Gasteiger partial charge in [0.2, 0.25) is 11.8 Å². The normalized spacial score (nSPS) is 38.5. The molecular weight excluding hydrogens is 264 g/mol. The van der Waals surface area contributed by atoms with Gasteiger partial charge in [-0.3, -0.25) is 14.5 Å². The molecule has 3 atom stereocenters. The number of amides is 2. The van der Waals surface area contributed by atoms with Gasteiger partial charge in [0.25, 0.3) is 0 Å². The highest BCUT2D eigenvalue weighted by atomic mass is 16.2. The Morgan fingerprint density at radius 3 is 2.24 bits per heavy atom. The van der Waals surface area contributed by atoms with Crippen molar-refractivity contribution in [2.24, 2.45) is 11.8 Å². The number of rotatable bonds is 3. The molecule has 1 saturated heterocycles. The first kappa shape index (κ1) is 15.0. The van der Waals surface area contributed by atoms with Crippen LogP contribution in [0.2, 0.25) is 0 Å². The van der Waals surface area contributed by atoms with E-state index < -0.39 is 0 Å². The number of carbonyl (C=O) groups is 2. The molecule has 2 amide bonds. The van der Waals surface area contributed by atoms with Crippen LogP contribution in [0, 0.1) is 11.8 Å². The number of nitrogens with zero attached hydrogens (tertiary/aromatic N) is 1. The molecule has 3 fully saturated rings. The smallest absolute Gasteiger partial charge is 0.247 e. The number of nitrogens with one attached hydrogen (secondary N) is 1. The molecule has 0 spiro atoms. The van der Waals surface area contributed by atoms with Crippen molar-refractivity contribution in [3.8, 4) is 0 Å². The molecule has 3 unspecified atom stereocenters. The summed E-state index contributed by atoms with van der Waals surface area (Å²) in [5.41, 5.74) is 0. The maximum Gasteiger partial charge on any atom is 0.247 e. The number of hydrogen-bond donors (Lipinski definition) is 1. The Balaban J connectivity index is 1.61. The summed E-state index contributed by atoms with van der Waals surface area (Å²) in [7, 11) is 0. The molecule has 3 rings (SSSR count). The molecule has 0 aromatic heterocycles. The van der Waals surface area contributed by atoms with Crippen molar-refractivity contribution in [3.63, 3.8) is 0 Å². The van der Waals surface area contributed by atoms with Gasteiger partial charge in [-0.15, -0.1) is 0 Å². The van der Waals surface area contributed by atoms with Crippen LogP contribution >= 0.6 is 0 Å². The van der Waals surface area contributed by atoms with Crippen molar-refractivity contribution >= 4 is 11.8 Å². The molecule has 1 aliphatic heterocycles. The number of likely N-dealkylation sites (tertiary alicyclic amines) is 1. The summed E-state index contributed by atoms with van der Waals surface area (Å²) < 4.78 is 0.